The van der Waals surface area contributed by atoms with Crippen molar-refractivity contribution in [1.29, 1.82) is 0 Å². The van der Waals surface area contributed by atoms with Gasteiger partial charge < -0.3 is 14.6 Å². The van der Waals surface area contributed by atoms with Crippen molar-refractivity contribution >= 4 is 0 Å². The molecular weight excluding hydrogens is 199 g/mol. The number of ether oxygens (including phenoxy) is 2. The first-order valence-corrected chi connectivity index (χ1v) is 4.74. The molecule has 3 nitrogen and oxygen atoms in total. The number of halogens is 1. The number of aliphatic hydroxyl groups excluding tert-OH is 1. The number of aliphatic hydroxyl groups is 1. The summed E-state index contributed by atoms with van der Waals surface area (Å²) in [4.78, 5) is 0. The second-order valence-corrected chi connectivity index (χ2v) is 3.13. The van der Waals surface area contributed by atoms with Crippen molar-refractivity contribution in [2.45, 2.75) is 12.8 Å². The van der Waals surface area contributed by atoms with E-state index in [-0.39, 0.29) is 18.2 Å². The fourth-order valence-corrected chi connectivity index (χ4v) is 1.35. The van der Waals surface area contributed by atoms with E-state index in [9.17, 15) is 4.39 Å². The Hall–Kier alpha value is -1.29. The van der Waals surface area contributed by atoms with Gasteiger partial charge in [-0.05, 0) is 24.5 Å². The molecule has 0 bridgehead atoms. The van der Waals surface area contributed by atoms with Crippen molar-refractivity contribution in [3.63, 3.8) is 0 Å². The van der Waals surface area contributed by atoms with Gasteiger partial charge in [0.25, 0.3) is 0 Å². The Morgan fingerprint density at radius 3 is 2.53 bits per heavy atom. The summed E-state index contributed by atoms with van der Waals surface area (Å²) in [5, 5.41) is 8.69. The van der Waals surface area contributed by atoms with Gasteiger partial charge in [-0.3, -0.25) is 0 Å². The Morgan fingerprint density at radius 2 is 2.00 bits per heavy atom. The van der Waals surface area contributed by atoms with Gasteiger partial charge in [0, 0.05) is 12.7 Å². The smallest absolute Gasteiger partial charge is 0.168 e. The van der Waals surface area contributed by atoms with Crippen LogP contribution in [0.25, 0.3) is 0 Å². The lowest BCUT2D eigenvalue weighted by Crippen LogP contribution is -1.98. The fourth-order valence-electron chi connectivity index (χ4n) is 1.35. The molecular formula is C11H15FO3. The molecule has 1 aromatic carbocycles. The first-order chi connectivity index (χ1) is 7.22. The van der Waals surface area contributed by atoms with E-state index in [1.807, 2.05) is 0 Å². The monoisotopic (exact) mass is 214 g/mol. The van der Waals surface area contributed by atoms with Crippen molar-refractivity contribution in [1.82, 2.24) is 0 Å². The average molecular weight is 214 g/mol. The van der Waals surface area contributed by atoms with E-state index in [0.717, 1.165) is 0 Å². The van der Waals surface area contributed by atoms with Crippen LogP contribution < -0.4 is 9.47 Å². The van der Waals surface area contributed by atoms with Crippen molar-refractivity contribution in [2.24, 2.45) is 0 Å². The van der Waals surface area contributed by atoms with Gasteiger partial charge in [-0.25, -0.2) is 4.39 Å². The SMILES string of the molecule is COc1cc(CCCO)c(F)c(OC)c1. The zero-order valence-corrected chi connectivity index (χ0v) is 8.92. The molecule has 0 aliphatic heterocycles. The largest absolute Gasteiger partial charge is 0.497 e. The molecule has 4 heteroatoms. The van der Waals surface area contributed by atoms with Crippen LogP contribution in [-0.4, -0.2) is 25.9 Å². The van der Waals surface area contributed by atoms with Crippen molar-refractivity contribution in [3.05, 3.63) is 23.5 Å². The normalized spacial score (nSPS) is 10.1. The van der Waals surface area contributed by atoms with Crippen LogP contribution in [0.15, 0.2) is 12.1 Å². The number of rotatable bonds is 5. The molecule has 1 rings (SSSR count). The molecule has 1 N–H and O–H groups in total. The van der Waals surface area contributed by atoms with Gasteiger partial charge in [0.15, 0.2) is 11.6 Å². The molecule has 0 aliphatic carbocycles. The lowest BCUT2D eigenvalue weighted by atomic mass is 10.1. The molecule has 0 fully saturated rings. The van der Waals surface area contributed by atoms with Crippen LogP contribution in [0.1, 0.15) is 12.0 Å². The molecule has 0 saturated carbocycles. The number of methoxy groups -OCH3 is 2. The standard InChI is InChI=1S/C11H15FO3/c1-14-9-6-8(4-3-5-13)11(12)10(7-9)15-2/h6-7,13H,3-5H2,1-2H3. The minimum absolute atomic E-state index is 0.0406. The Morgan fingerprint density at radius 1 is 1.27 bits per heavy atom. The topological polar surface area (TPSA) is 38.7 Å². The Balaban J connectivity index is 3.01. The zero-order chi connectivity index (χ0) is 11.3. The maximum absolute atomic E-state index is 13.7. The average Bonchev–Trinajstić information content (AvgIpc) is 2.27. The van der Waals surface area contributed by atoms with Gasteiger partial charge in [0.05, 0.1) is 14.2 Å². The number of benzene rings is 1. The molecule has 0 aromatic heterocycles. The Labute approximate surface area is 88.4 Å². The van der Waals surface area contributed by atoms with Crippen LogP contribution >= 0.6 is 0 Å². The summed E-state index contributed by atoms with van der Waals surface area (Å²) in [6, 6.07) is 3.12. The highest BCUT2D eigenvalue weighted by Crippen LogP contribution is 2.27. The highest BCUT2D eigenvalue weighted by molar-refractivity contribution is 5.40. The third-order valence-corrected chi connectivity index (χ3v) is 2.15. The fraction of sp³-hybridized carbons (Fsp3) is 0.455. The summed E-state index contributed by atoms with van der Waals surface area (Å²) in [5.41, 5.74) is 0.500. The van der Waals surface area contributed by atoms with Crippen molar-refractivity contribution < 1.29 is 19.0 Å². The third kappa shape index (κ3) is 2.83. The quantitative estimate of drug-likeness (QED) is 0.811. The van der Waals surface area contributed by atoms with Gasteiger partial charge in [0.1, 0.15) is 5.75 Å². The molecule has 0 spiro atoms. The highest BCUT2D eigenvalue weighted by atomic mass is 19.1. The summed E-state index contributed by atoms with van der Waals surface area (Å²) in [6.45, 7) is 0.0406. The van der Waals surface area contributed by atoms with Crippen LogP contribution in [0.2, 0.25) is 0 Å². The molecule has 0 unspecified atom stereocenters. The van der Waals surface area contributed by atoms with E-state index >= 15 is 0 Å². The molecule has 0 saturated heterocycles. The third-order valence-electron chi connectivity index (χ3n) is 2.15. The Kier molecular flexibility index (Phi) is 4.37. The predicted octanol–water partition coefficient (Wildman–Crippen LogP) is 1.77. The van der Waals surface area contributed by atoms with E-state index in [1.54, 1.807) is 6.07 Å². The molecule has 0 atom stereocenters. The van der Waals surface area contributed by atoms with Crippen molar-refractivity contribution in [2.75, 3.05) is 20.8 Å². The highest BCUT2D eigenvalue weighted by Gasteiger charge is 2.11. The van der Waals surface area contributed by atoms with Crippen LogP contribution in [0.5, 0.6) is 11.5 Å². The first-order valence-electron chi connectivity index (χ1n) is 4.74. The lowest BCUT2D eigenvalue weighted by Gasteiger charge is -2.09. The van der Waals surface area contributed by atoms with E-state index in [0.29, 0.717) is 24.2 Å². The number of hydrogen-bond acceptors (Lipinski definition) is 3. The van der Waals surface area contributed by atoms with Crippen LogP contribution in [0, 0.1) is 5.82 Å². The van der Waals surface area contributed by atoms with Gasteiger partial charge in [-0.15, -0.1) is 0 Å². The molecule has 0 aliphatic rings. The van der Waals surface area contributed by atoms with Crippen LogP contribution in [0.4, 0.5) is 4.39 Å². The molecule has 15 heavy (non-hydrogen) atoms. The molecule has 0 heterocycles. The van der Waals surface area contributed by atoms with Crippen LogP contribution in [0.3, 0.4) is 0 Å². The number of aryl methyl sites for hydroxylation is 1. The minimum atomic E-state index is -0.383. The summed E-state index contributed by atoms with van der Waals surface area (Å²) in [5.74, 6) is 0.343. The van der Waals surface area contributed by atoms with Gasteiger partial charge in [-0.2, -0.15) is 0 Å². The second-order valence-electron chi connectivity index (χ2n) is 3.13. The maximum atomic E-state index is 13.7. The van der Waals surface area contributed by atoms with E-state index in [1.165, 1.54) is 20.3 Å². The van der Waals surface area contributed by atoms with E-state index in [2.05, 4.69) is 0 Å². The minimum Gasteiger partial charge on any atom is -0.497 e. The molecule has 84 valence electrons. The van der Waals surface area contributed by atoms with Crippen LogP contribution in [-0.2, 0) is 6.42 Å². The molecule has 1 aromatic rings. The summed E-state index contributed by atoms with van der Waals surface area (Å²) in [6.07, 6.45) is 0.989. The second kappa shape index (κ2) is 5.56. The Bertz CT molecular complexity index is 326. The zero-order valence-electron chi connectivity index (χ0n) is 8.92. The van der Waals surface area contributed by atoms with Gasteiger partial charge in [-0.1, -0.05) is 0 Å². The van der Waals surface area contributed by atoms with E-state index < -0.39 is 0 Å². The maximum Gasteiger partial charge on any atom is 0.168 e. The summed E-state index contributed by atoms with van der Waals surface area (Å²) >= 11 is 0. The first kappa shape index (κ1) is 11.8. The van der Waals surface area contributed by atoms with E-state index in [4.69, 9.17) is 14.6 Å². The van der Waals surface area contributed by atoms with Gasteiger partial charge >= 0.3 is 0 Å². The summed E-state index contributed by atoms with van der Waals surface area (Å²) < 4.78 is 23.6. The summed E-state index contributed by atoms with van der Waals surface area (Å²) in [7, 11) is 2.93. The predicted molar refractivity (Wildman–Crippen MR) is 54.9 cm³/mol. The molecule has 0 radical (unpaired) electrons. The number of hydrogen-bond donors (Lipinski definition) is 1. The molecule has 0 amide bonds. The van der Waals surface area contributed by atoms with Crippen molar-refractivity contribution in [3.8, 4) is 11.5 Å². The lowest BCUT2D eigenvalue weighted by molar-refractivity contribution is 0.287. The van der Waals surface area contributed by atoms with Gasteiger partial charge in [0.2, 0.25) is 0 Å².